The van der Waals surface area contributed by atoms with Crippen molar-refractivity contribution in [2.24, 2.45) is 5.73 Å². The highest BCUT2D eigenvalue weighted by Crippen LogP contribution is 2.11. The number of hydrogen-bond donors (Lipinski definition) is 2. The number of carbonyl (C=O) groups excluding carboxylic acids is 1. The van der Waals surface area contributed by atoms with Crippen molar-refractivity contribution in [3.8, 4) is 0 Å². The van der Waals surface area contributed by atoms with Crippen LogP contribution >= 0.6 is 23.9 Å². The number of carbonyl (C=O) groups is 1. The zero-order chi connectivity index (χ0) is 13.5. The van der Waals surface area contributed by atoms with Crippen molar-refractivity contribution in [2.45, 2.75) is 6.42 Å². The van der Waals surface area contributed by atoms with Gasteiger partial charge in [-0.1, -0.05) is 42.5 Å². The maximum atomic E-state index is 10.6. The van der Waals surface area contributed by atoms with Crippen molar-refractivity contribution in [1.29, 1.82) is 0 Å². The number of aromatic nitrogens is 2. The van der Waals surface area contributed by atoms with Crippen LogP contribution in [-0.2, 0) is 11.2 Å². The van der Waals surface area contributed by atoms with E-state index in [1.807, 2.05) is 42.5 Å². The highest BCUT2D eigenvalue weighted by Gasteiger charge is 2.02. The Morgan fingerprint density at radius 1 is 1.35 bits per heavy atom. The molecule has 0 atom stereocenters. The summed E-state index contributed by atoms with van der Waals surface area (Å²) in [6.45, 7) is 0.0779. The molecular formula is C13H15ClN4OS. The summed E-state index contributed by atoms with van der Waals surface area (Å²) >= 11 is 1.22. The molecule has 0 saturated carbocycles. The maximum Gasteiger partial charge on any atom is 0.236 e. The molecular weight excluding hydrogens is 296 g/mol. The second-order valence-corrected chi connectivity index (χ2v) is 4.60. The van der Waals surface area contributed by atoms with Crippen molar-refractivity contribution >= 4 is 41.1 Å². The molecule has 0 spiro atoms. The summed E-state index contributed by atoms with van der Waals surface area (Å²) in [4.78, 5) is 14.9. The fourth-order valence-corrected chi connectivity index (χ4v) is 2.03. The second-order valence-electron chi connectivity index (χ2n) is 3.85. The van der Waals surface area contributed by atoms with Crippen LogP contribution in [0, 0.1) is 0 Å². The molecule has 7 heteroatoms. The Balaban J connectivity index is 0.00000200. The van der Waals surface area contributed by atoms with Gasteiger partial charge in [-0.3, -0.25) is 4.79 Å². The van der Waals surface area contributed by atoms with Crippen LogP contribution in [0.15, 0.2) is 36.4 Å². The highest BCUT2D eigenvalue weighted by atomic mass is 35.5. The standard InChI is InChI=1S/C13H14N4OS.ClH/c14-11(18)9-15-13-16-12(17-19-13)8-4-7-10-5-2-1-3-6-10;/h1-7H,8-9H2,(H2,14,18)(H,15,16,17);1H. The first-order valence-corrected chi connectivity index (χ1v) is 6.58. The van der Waals surface area contributed by atoms with E-state index >= 15 is 0 Å². The van der Waals surface area contributed by atoms with Gasteiger partial charge in [-0.2, -0.15) is 4.37 Å². The number of benzene rings is 1. The zero-order valence-corrected chi connectivity index (χ0v) is 12.3. The van der Waals surface area contributed by atoms with E-state index in [9.17, 15) is 4.79 Å². The molecule has 5 nitrogen and oxygen atoms in total. The van der Waals surface area contributed by atoms with E-state index in [1.165, 1.54) is 11.5 Å². The van der Waals surface area contributed by atoms with E-state index < -0.39 is 5.91 Å². The lowest BCUT2D eigenvalue weighted by molar-refractivity contribution is -0.116. The van der Waals surface area contributed by atoms with Crippen LogP contribution in [-0.4, -0.2) is 21.8 Å². The molecule has 2 rings (SSSR count). The normalized spacial score (nSPS) is 10.2. The number of primary amides is 1. The second kappa shape index (κ2) is 8.29. The van der Waals surface area contributed by atoms with E-state index in [2.05, 4.69) is 14.7 Å². The van der Waals surface area contributed by atoms with Gasteiger partial charge in [0.25, 0.3) is 0 Å². The van der Waals surface area contributed by atoms with Gasteiger partial charge in [-0.15, -0.1) is 12.4 Å². The molecule has 2 aromatic rings. The summed E-state index contributed by atoms with van der Waals surface area (Å²) in [6, 6.07) is 10.0. The molecule has 0 bridgehead atoms. The van der Waals surface area contributed by atoms with Gasteiger partial charge < -0.3 is 11.1 Å². The van der Waals surface area contributed by atoms with E-state index in [0.717, 1.165) is 11.4 Å². The van der Waals surface area contributed by atoms with Crippen LogP contribution < -0.4 is 11.1 Å². The van der Waals surface area contributed by atoms with Crippen molar-refractivity contribution in [2.75, 3.05) is 11.9 Å². The predicted molar refractivity (Wildman–Crippen MR) is 84.0 cm³/mol. The van der Waals surface area contributed by atoms with Crippen LogP contribution in [0.5, 0.6) is 0 Å². The molecule has 1 amide bonds. The molecule has 0 saturated heterocycles. The third-order valence-electron chi connectivity index (χ3n) is 2.29. The minimum absolute atomic E-state index is 0. The Bertz CT molecular complexity index is 571. The first-order chi connectivity index (χ1) is 9.24. The van der Waals surface area contributed by atoms with E-state index in [4.69, 9.17) is 5.73 Å². The average Bonchev–Trinajstić information content (AvgIpc) is 2.86. The SMILES string of the molecule is Cl.NC(=O)CNc1nc(CC=Cc2ccccc2)ns1. The number of amides is 1. The van der Waals surface area contributed by atoms with Crippen molar-refractivity contribution in [3.63, 3.8) is 0 Å². The number of anilines is 1. The molecule has 1 aromatic heterocycles. The smallest absolute Gasteiger partial charge is 0.236 e. The summed E-state index contributed by atoms with van der Waals surface area (Å²) in [6.07, 6.45) is 4.69. The summed E-state index contributed by atoms with van der Waals surface area (Å²) in [5, 5.41) is 3.43. The molecule has 0 radical (unpaired) electrons. The largest absolute Gasteiger partial charge is 0.368 e. The number of nitrogens with two attached hydrogens (primary N) is 1. The van der Waals surface area contributed by atoms with Crippen molar-refractivity contribution < 1.29 is 4.79 Å². The topological polar surface area (TPSA) is 80.9 Å². The van der Waals surface area contributed by atoms with Gasteiger partial charge in [0.1, 0.15) is 5.82 Å². The first-order valence-electron chi connectivity index (χ1n) is 5.80. The van der Waals surface area contributed by atoms with E-state index in [1.54, 1.807) is 0 Å². The molecule has 0 fully saturated rings. The average molecular weight is 311 g/mol. The Kier molecular flexibility index (Phi) is 6.69. The van der Waals surface area contributed by atoms with Crippen LogP contribution in [0.25, 0.3) is 6.08 Å². The first kappa shape index (κ1) is 16.1. The minimum Gasteiger partial charge on any atom is -0.368 e. The fourth-order valence-electron chi connectivity index (χ4n) is 1.44. The monoisotopic (exact) mass is 310 g/mol. The maximum absolute atomic E-state index is 10.6. The summed E-state index contributed by atoms with van der Waals surface area (Å²) in [5.41, 5.74) is 6.18. The van der Waals surface area contributed by atoms with Gasteiger partial charge in [-0.05, 0) is 5.56 Å². The summed E-state index contributed by atoms with van der Waals surface area (Å²) in [7, 11) is 0. The van der Waals surface area contributed by atoms with Crippen LogP contribution in [0.2, 0.25) is 0 Å². The van der Waals surface area contributed by atoms with Crippen molar-refractivity contribution in [1.82, 2.24) is 9.36 Å². The molecule has 0 unspecified atom stereocenters. The Hall–Kier alpha value is -1.92. The molecule has 1 heterocycles. The van der Waals surface area contributed by atoms with Crippen LogP contribution in [0.1, 0.15) is 11.4 Å². The summed E-state index contributed by atoms with van der Waals surface area (Å²) in [5.74, 6) is 0.310. The third kappa shape index (κ3) is 5.38. The van der Waals surface area contributed by atoms with E-state index in [-0.39, 0.29) is 19.0 Å². The number of nitrogens with one attached hydrogen (secondary N) is 1. The fraction of sp³-hybridized carbons (Fsp3) is 0.154. The Labute approximate surface area is 127 Å². The van der Waals surface area contributed by atoms with Gasteiger partial charge >= 0.3 is 0 Å². The third-order valence-corrected chi connectivity index (χ3v) is 3.00. The molecule has 0 aliphatic carbocycles. The van der Waals surface area contributed by atoms with Gasteiger partial charge in [0, 0.05) is 18.0 Å². The van der Waals surface area contributed by atoms with Gasteiger partial charge in [0.2, 0.25) is 11.0 Å². The number of nitrogens with zero attached hydrogens (tertiary/aromatic N) is 2. The predicted octanol–water partition coefficient (Wildman–Crippen LogP) is 2.11. The Morgan fingerprint density at radius 2 is 2.10 bits per heavy atom. The lowest BCUT2D eigenvalue weighted by Gasteiger charge is -1.95. The highest BCUT2D eigenvalue weighted by molar-refractivity contribution is 7.09. The molecule has 0 aliphatic rings. The van der Waals surface area contributed by atoms with Gasteiger partial charge in [0.15, 0.2) is 0 Å². The lowest BCUT2D eigenvalue weighted by Crippen LogP contribution is -2.21. The van der Waals surface area contributed by atoms with Crippen LogP contribution in [0.3, 0.4) is 0 Å². The molecule has 20 heavy (non-hydrogen) atoms. The summed E-state index contributed by atoms with van der Waals surface area (Å²) < 4.78 is 4.19. The van der Waals surface area contributed by atoms with E-state index in [0.29, 0.717) is 11.6 Å². The Morgan fingerprint density at radius 3 is 2.80 bits per heavy atom. The number of allylic oxidation sites excluding steroid dienone is 1. The zero-order valence-electron chi connectivity index (χ0n) is 10.7. The van der Waals surface area contributed by atoms with Crippen LogP contribution in [0.4, 0.5) is 5.13 Å². The number of halogens is 1. The molecule has 0 aliphatic heterocycles. The lowest BCUT2D eigenvalue weighted by atomic mass is 10.2. The van der Waals surface area contributed by atoms with Gasteiger partial charge in [-0.25, -0.2) is 4.98 Å². The van der Waals surface area contributed by atoms with Gasteiger partial charge in [0.05, 0.1) is 6.54 Å². The molecule has 3 N–H and O–H groups in total. The molecule has 106 valence electrons. The number of hydrogen-bond acceptors (Lipinski definition) is 5. The van der Waals surface area contributed by atoms with Crippen molar-refractivity contribution in [3.05, 3.63) is 47.8 Å². The number of rotatable bonds is 6. The molecule has 1 aromatic carbocycles. The quantitative estimate of drug-likeness (QED) is 0.856. The minimum atomic E-state index is -0.416.